The molecule has 2 saturated carbocycles. The van der Waals surface area contributed by atoms with Gasteiger partial charge in [-0.05, 0) is 76.5 Å². The molecule has 2 aliphatic carbocycles. The first-order valence-corrected chi connectivity index (χ1v) is 23.8. The smallest absolute Gasteiger partial charge is 0.410 e. The van der Waals surface area contributed by atoms with Crippen LogP contribution in [0, 0.1) is 33.2 Å². The minimum Gasteiger partial charge on any atom is -0.460 e. The number of esters is 1. The summed E-state index contributed by atoms with van der Waals surface area (Å²) >= 11 is 0. The molecule has 18 nitrogen and oxygen atoms in total. The second kappa shape index (κ2) is 17.4. The summed E-state index contributed by atoms with van der Waals surface area (Å²) in [7, 11) is -8.78. The van der Waals surface area contributed by atoms with Crippen molar-refractivity contribution in [2.75, 3.05) is 19.6 Å². The molecule has 0 aromatic heterocycles. The van der Waals surface area contributed by atoms with Gasteiger partial charge in [0, 0.05) is 44.1 Å². The monoisotopic (exact) mass is 915 g/mol. The molecular weight excluding hydrogens is 866 g/mol. The van der Waals surface area contributed by atoms with E-state index in [0.717, 1.165) is 21.3 Å². The van der Waals surface area contributed by atoms with Crippen LogP contribution >= 0.6 is 0 Å². The largest absolute Gasteiger partial charge is 0.460 e. The number of nitro benzene ring substituents is 1. The van der Waals surface area contributed by atoms with Crippen LogP contribution in [-0.2, 0) is 61.8 Å². The molecule has 63 heavy (non-hydrogen) atoms. The number of nitro groups is 1. The summed E-state index contributed by atoms with van der Waals surface area (Å²) in [5.74, 6) is -5.97. The summed E-state index contributed by atoms with van der Waals surface area (Å²) in [6.45, 7) is 3.34. The number of benzene rings is 2. The summed E-state index contributed by atoms with van der Waals surface area (Å²) in [6.07, 6.45) is 1.05. The van der Waals surface area contributed by atoms with Gasteiger partial charge in [-0.15, -0.1) is 0 Å². The third-order valence-corrected chi connectivity index (χ3v) is 15.8. The number of hydrogen-bond donors (Lipinski definition) is 1. The highest BCUT2D eigenvalue weighted by atomic mass is 32.2. The number of nitrogens with one attached hydrogen (secondary N) is 1. The zero-order chi connectivity index (χ0) is 45.6. The van der Waals surface area contributed by atoms with Crippen LogP contribution in [0.4, 0.5) is 14.9 Å². The van der Waals surface area contributed by atoms with E-state index in [0.29, 0.717) is 24.0 Å². The van der Waals surface area contributed by atoms with Crippen molar-refractivity contribution in [2.24, 2.45) is 17.3 Å². The number of sulfonamides is 2. The number of fused-ring (bicyclic) bond motifs is 3. The number of ketones is 1. The molecule has 0 bridgehead atoms. The van der Waals surface area contributed by atoms with Gasteiger partial charge in [-0.3, -0.25) is 38.9 Å². The Morgan fingerprint density at radius 2 is 1.75 bits per heavy atom. The second-order valence-electron chi connectivity index (χ2n) is 17.9. The number of amides is 3. The molecule has 5 atom stereocenters. The van der Waals surface area contributed by atoms with Crippen molar-refractivity contribution >= 4 is 55.4 Å². The highest BCUT2D eigenvalue weighted by Crippen LogP contribution is 2.57. The van der Waals surface area contributed by atoms with E-state index in [1.807, 2.05) is 0 Å². The molecule has 7 rings (SSSR count). The number of Topliss-reactive ketones (excluding diaryl/α,β-unsaturated/α-hetero) is 1. The lowest BCUT2D eigenvalue weighted by atomic mass is 9.91. The van der Waals surface area contributed by atoms with Gasteiger partial charge in [0.1, 0.15) is 17.5 Å². The summed E-state index contributed by atoms with van der Waals surface area (Å²) in [5.41, 5.74) is -2.38. The molecule has 0 spiro atoms. The zero-order valence-corrected chi connectivity index (χ0v) is 36.7. The first kappa shape index (κ1) is 45.7. The summed E-state index contributed by atoms with van der Waals surface area (Å²) in [4.78, 5) is 83.5. The number of carbonyl (C=O) groups is 5. The van der Waals surface area contributed by atoms with Crippen LogP contribution < -0.4 is 4.72 Å². The number of hydrogen-bond acceptors (Lipinski definition) is 13. The van der Waals surface area contributed by atoms with Crippen LogP contribution in [0.15, 0.2) is 59.5 Å². The van der Waals surface area contributed by atoms with E-state index in [2.05, 4.69) is 4.72 Å². The van der Waals surface area contributed by atoms with Crippen LogP contribution in [0.3, 0.4) is 0 Å². The highest BCUT2D eigenvalue weighted by Gasteiger charge is 2.62. The number of allylic oxidation sites excluding steroid dienone is 2. The van der Waals surface area contributed by atoms with Gasteiger partial charge in [0.15, 0.2) is 10.7 Å². The van der Waals surface area contributed by atoms with E-state index in [1.165, 1.54) is 29.2 Å². The number of rotatable bonds is 9. The van der Waals surface area contributed by atoms with Gasteiger partial charge < -0.3 is 14.4 Å². The van der Waals surface area contributed by atoms with Crippen LogP contribution in [-0.4, -0.2) is 108 Å². The fourth-order valence-electron chi connectivity index (χ4n) is 8.63. The minimum absolute atomic E-state index is 0.0296. The standard InChI is InChI=1S/C42H50FN5O13S2/c1-41(2,3)61-37(50)18-27-23-46(63(58,59)36-14-7-6-13-33(36)48(54)55)17-8-4-5-11-28-20-42(28,39(52)44-62(56,57)30-15-16-30)21-35(49)34-19-29(24-47(34)38(27)51)60-40(53)45-22-26-10-9-12-32(43)31(26)25-45/h5-7,9-14,27-30,34H,4,8,15-25H2,1-3H3,(H,44,52)/b11-5-/t27-,28+,29?,34?,42+/m0/s1. The van der Waals surface area contributed by atoms with E-state index in [9.17, 15) is 50.5 Å². The van der Waals surface area contributed by atoms with Crippen molar-refractivity contribution in [1.29, 1.82) is 0 Å². The Hall–Kier alpha value is -5.28. The van der Waals surface area contributed by atoms with E-state index in [1.54, 1.807) is 39.0 Å². The van der Waals surface area contributed by atoms with Crippen molar-refractivity contribution < 1.29 is 59.6 Å². The van der Waals surface area contributed by atoms with Crippen molar-refractivity contribution in [3.05, 3.63) is 81.7 Å². The molecule has 3 amide bonds. The van der Waals surface area contributed by atoms with E-state index >= 15 is 4.79 Å². The summed E-state index contributed by atoms with van der Waals surface area (Å²) in [6, 6.07) is 7.76. The van der Waals surface area contributed by atoms with Crippen molar-refractivity contribution in [3.63, 3.8) is 0 Å². The van der Waals surface area contributed by atoms with Crippen molar-refractivity contribution in [3.8, 4) is 0 Å². The number of carbonyl (C=O) groups excluding carboxylic acids is 5. The fourth-order valence-corrected chi connectivity index (χ4v) is 11.7. The average Bonchev–Trinajstić information content (AvgIpc) is 4.09. The Labute approximate surface area is 364 Å². The maximum absolute atomic E-state index is 15.0. The molecule has 3 fully saturated rings. The van der Waals surface area contributed by atoms with Crippen molar-refractivity contribution in [1.82, 2.24) is 18.8 Å². The Bertz CT molecular complexity index is 2470. The molecule has 5 aliphatic rings. The molecule has 21 heteroatoms. The lowest BCUT2D eigenvalue weighted by Crippen LogP contribution is -2.49. The second-order valence-corrected chi connectivity index (χ2v) is 21.8. The molecule has 0 radical (unpaired) electrons. The highest BCUT2D eigenvalue weighted by molar-refractivity contribution is 7.91. The third kappa shape index (κ3) is 9.94. The molecule has 2 aromatic carbocycles. The van der Waals surface area contributed by atoms with E-state index in [4.69, 9.17) is 9.47 Å². The summed E-state index contributed by atoms with van der Waals surface area (Å²) < 4.78 is 83.8. The molecule has 2 unspecified atom stereocenters. The average molecular weight is 916 g/mol. The van der Waals surface area contributed by atoms with Gasteiger partial charge in [0.2, 0.25) is 31.9 Å². The lowest BCUT2D eigenvalue weighted by Gasteiger charge is -2.32. The Morgan fingerprint density at radius 1 is 1.02 bits per heavy atom. The molecule has 2 aromatic rings. The Kier molecular flexibility index (Phi) is 12.6. The van der Waals surface area contributed by atoms with Gasteiger partial charge in [0.25, 0.3) is 5.69 Å². The molecule has 1 saturated heterocycles. The predicted octanol–water partition coefficient (Wildman–Crippen LogP) is 4.12. The number of ether oxygens (including phenoxy) is 2. The normalized spacial score (nSPS) is 26.3. The summed E-state index contributed by atoms with van der Waals surface area (Å²) in [5, 5.41) is 11.3. The van der Waals surface area contributed by atoms with E-state index < -0.39 is 137 Å². The number of nitrogens with zero attached hydrogens (tertiary/aromatic N) is 4. The minimum atomic E-state index is -4.75. The van der Waals surface area contributed by atoms with Gasteiger partial charge in [-0.2, -0.15) is 4.31 Å². The maximum Gasteiger partial charge on any atom is 0.410 e. The SMILES string of the molecule is CC(C)(C)OC(=O)C[C@H]1CN(S(=O)(=O)c2ccccc2[N+](=O)[O-])CCC/C=C\[C@@H]2C[C@@]2(C(=O)NS(=O)(=O)C2CC2)CC(=O)C2CC(OC(=O)N3Cc4cccc(F)c4C3)CN2C1=O. The van der Waals surface area contributed by atoms with E-state index in [-0.39, 0.29) is 45.3 Å². The third-order valence-electron chi connectivity index (χ3n) is 12.1. The first-order valence-electron chi connectivity index (χ1n) is 20.8. The van der Waals surface area contributed by atoms with Crippen LogP contribution in [0.1, 0.15) is 83.3 Å². The Morgan fingerprint density at radius 3 is 2.43 bits per heavy atom. The number of halogens is 1. The van der Waals surface area contributed by atoms with Gasteiger partial charge in [0.05, 0.1) is 47.1 Å². The molecule has 1 N–H and O–H groups in total. The van der Waals surface area contributed by atoms with Crippen LogP contribution in [0.5, 0.6) is 0 Å². The maximum atomic E-state index is 15.0. The molecule has 3 heterocycles. The zero-order valence-electron chi connectivity index (χ0n) is 35.1. The van der Waals surface area contributed by atoms with Crippen LogP contribution in [0.25, 0.3) is 0 Å². The molecular formula is C42H50FN5O13S2. The van der Waals surface area contributed by atoms with Crippen molar-refractivity contribution in [2.45, 2.75) is 113 Å². The van der Waals surface area contributed by atoms with Gasteiger partial charge >= 0.3 is 12.1 Å². The predicted molar refractivity (Wildman–Crippen MR) is 220 cm³/mol. The first-order chi connectivity index (χ1) is 29.6. The molecule has 3 aliphatic heterocycles. The number of para-hydroxylation sites is 1. The van der Waals surface area contributed by atoms with Gasteiger partial charge in [-0.25, -0.2) is 26.0 Å². The topological polar surface area (TPSA) is 237 Å². The molecule has 340 valence electrons. The van der Waals surface area contributed by atoms with Crippen LogP contribution in [0.2, 0.25) is 0 Å². The Balaban J connectivity index is 1.25. The lowest BCUT2D eigenvalue weighted by molar-refractivity contribution is -0.387. The fraction of sp³-hybridized carbons (Fsp3) is 0.548. The van der Waals surface area contributed by atoms with Gasteiger partial charge in [-0.1, -0.05) is 36.4 Å². The quantitative estimate of drug-likeness (QED) is 0.162.